The molecule has 1 heterocycles. The van der Waals surface area contributed by atoms with Gasteiger partial charge >= 0.3 is 0 Å². The zero-order valence-corrected chi connectivity index (χ0v) is 10.00. The van der Waals surface area contributed by atoms with Gasteiger partial charge < -0.3 is 10.5 Å². The van der Waals surface area contributed by atoms with Crippen molar-refractivity contribution in [2.45, 2.75) is 25.3 Å². The first-order chi connectivity index (χ1) is 7.59. The number of nitrogens with zero attached hydrogens (tertiary/aromatic N) is 1. The minimum atomic E-state index is -0.205. The Morgan fingerprint density at radius 2 is 2.25 bits per heavy atom. The van der Waals surface area contributed by atoms with Crippen molar-refractivity contribution in [1.29, 1.82) is 0 Å². The Kier molecular flexibility index (Phi) is 3.06. The molecule has 86 valence electrons. The summed E-state index contributed by atoms with van der Waals surface area (Å²) < 4.78 is 5.18. The van der Waals surface area contributed by atoms with Gasteiger partial charge in [-0.2, -0.15) is 0 Å². The standard InChI is InChI=1S/C12H15ClN2O/c1-12(8-16-11(14)15-12)7-6-9-4-2-3-5-10(9)13/h2-5H,6-8H2,1H3,(H2,14,15)/t12-/m0/s1. The van der Waals surface area contributed by atoms with Crippen molar-refractivity contribution in [3.63, 3.8) is 0 Å². The fourth-order valence-electron chi connectivity index (χ4n) is 1.79. The van der Waals surface area contributed by atoms with Crippen LogP contribution in [0.1, 0.15) is 18.9 Å². The number of nitrogens with two attached hydrogens (primary N) is 1. The molecule has 0 saturated carbocycles. The Morgan fingerprint density at radius 3 is 2.88 bits per heavy atom. The number of benzene rings is 1. The molecule has 0 bridgehead atoms. The van der Waals surface area contributed by atoms with Crippen LogP contribution in [0.5, 0.6) is 0 Å². The molecule has 0 radical (unpaired) electrons. The van der Waals surface area contributed by atoms with Crippen LogP contribution in [-0.2, 0) is 11.2 Å². The Labute approximate surface area is 100 Å². The molecule has 0 amide bonds. The quantitative estimate of drug-likeness (QED) is 0.879. The molecule has 0 fully saturated rings. The monoisotopic (exact) mass is 238 g/mol. The van der Waals surface area contributed by atoms with Crippen LogP contribution >= 0.6 is 11.6 Å². The van der Waals surface area contributed by atoms with Crippen molar-refractivity contribution in [1.82, 2.24) is 0 Å². The molecule has 2 rings (SSSR count). The van der Waals surface area contributed by atoms with Crippen molar-refractivity contribution in [3.8, 4) is 0 Å². The van der Waals surface area contributed by atoms with Crippen LogP contribution < -0.4 is 5.73 Å². The molecule has 1 aliphatic rings. The topological polar surface area (TPSA) is 47.6 Å². The van der Waals surface area contributed by atoms with Crippen molar-refractivity contribution >= 4 is 17.6 Å². The molecule has 1 aromatic rings. The van der Waals surface area contributed by atoms with Crippen molar-refractivity contribution in [2.75, 3.05) is 6.61 Å². The lowest BCUT2D eigenvalue weighted by Gasteiger charge is -2.17. The molecule has 0 spiro atoms. The largest absolute Gasteiger partial charge is 0.463 e. The zero-order chi connectivity index (χ0) is 11.6. The van der Waals surface area contributed by atoms with Gasteiger partial charge in [-0.05, 0) is 31.4 Å². The van der Waals surface area contributed by atoms with E-state index in [1.807, 2.05) is 31.2 Å². The first-order valence-corrected chi connectivity index (χ1v) is 5.68. The maximum Gasteiger partial charge on any atom is 0.282 e. The summed E-state index contributed by atoms with van der Waals surface area (Å²) in [6, 6.07) is 8.16. The van der Waals surface area contributed by atoms with E-state index in [1.54, 1.807) is 0 Å². The number of aliphatic imine (C=N–C) groups is 1. The van der Waals surface area contributed by atoms with Crippen molar-refractivity contribution in [3.05, 3.63) is 34.9 Å². The molecule has 0 saturated heterocycles. The number of aryl methyl sites for hydroxylation is 1. The Hall–Kier alpha value is -1.22. The van der Waals surface area contributed by atoms with Gasteiger partial charge in [-0.25, -0.2) is 4.99 Å². The van der Waals surface area contributed by atoms with Crippen LogP contribution in [0.4, 0.5) is 0 Å². The Morgan fingerprint density at radius 1 is 1.50 bits per heavy atom. The van der Waals surface area contributed by atoms with Crippen LogP contribution in [-0.4, -0.2) is 18.2 Å². The SMILES string of the molecule is C[C@]1(CCc2ccccc2Cl)COC(N)=N1. The molecule has 16 heavy (non-hydrogen) atoms. The number of hydrogen-bond donors (Lipinski definition) is 1. The van der Waals surface area contributed by atoms with Crippen LogP contribution in [0, 0.1) is 0 Å². The summed E-state index contributed by atoms with van der Waals surface area (Å²) in [6.45, 7) is 2.60. The zero-order valence-electron chi connectivity index (χ0n) is 9.24. The highest BCUT2D eigenvalue weighted by atomic mass is 35.5. The lowest BCUT2D eigenvalue weighted by molar-refractivity contribution is 0.255. The third-order valence-corrected chi connectivity index (χ3v) is 3.17. The third-order valence-electron chi connectivity index (χ3n) is 2.80. The number of ether oxygens (including phenoxy) is 1. The minimum absolute atomic E-state index is 0.205. The average Bonchev–Trinajstić information content (AvgIpc) is 2.58. The van der Waals surface area contributed by atoms with Gasteiger partial charge in [0.05, 0.1) is 5.54 Å². The van der Waals surface area contributed by atoms with Crippen molar-refractivity contribution < 1.29 is 4.74 Å². The second-order valence-electron chi connectivity index (χ2n) is 4.33. The summed E-state index contributed by atoms with van der Waals surface area (Å²) in [7, 11) is 0. The summed E-state index contributed by atoms with van der Waals surface area (Å²) in [5.41, 5.74) is 6.45. The molecular weight excluding hydrogens is 224 g/mol. The van der Waals surface area contributed by atoms with Gasteiger partial charge in [0.15, 0.2) is 0 Å². The molecule has 2 N–H and O–H groups in total. The molecule has 0 unspecified atom stereocenters. The fourth-order valence-corrected chi connectivity index (χ4v) is 2.02. The Balaban J connectivity index is 2.01. The van der Waals surface area contributed by atoms with E-state index in [0.29, 0.717) is 12.6 Å². The first kappa shape index (κ1) is 11.3. The molecule has 4 heteroatoms. The van der Waals surface area contributed by atoms with Gasteiger partial charge in [0, 0.05) is 5.02 Å². The number of halogens is 1. The van der Waals surface area contributed by atoms with E-state index in [1.165, 1.54) is 0 Å². The van der Waals surface area contributed by atoms with Crippen LogP contribution in [0.2, 0.25) is 5.02 Å². The lowest BCUT2D eigenvalue weighted by Crippen LogP contribution is -2.24. The first-order valence-electron chi connectivity index (χ1n) is 5.31. The van der Waals surface area contributed by atoms with E-state index in [-0.39, 0.29) is 5.54 Å². The fraction of sp³-hybridized carbons (Fsp3) is 0.417. The number of rotatable bonds is 3. The summed E-state index contributed by atoms with van der Waals surface area (Å²) in [4.78, 5) is 4.29. The van der Waals surface area contributed by atoms with Crippen LogP contribution in [0.3, 0.4) is 0 Å². The van der Waals surface area contributed by atoms with Gasteiger partial charge in [-0.15, -0.1) is 0 Å². The van der Waals surface area contributed by atoms with E-state index in [4.69, 9.17) is 22.1 Å². The molecule has 3 nitrogen and oxygen atoms in total. The predicted octanol–water partition coefficient (Wildman–Crippen LogP) is 2.38. The van der Waals surface area contributed by atoms with Gasteiger partial charge in [0.25, 0.3) is 6.02 Å². The molecule has 1 atom stereocenters. The minimum Gasteiger partial charge on any atom is -0.463 e. The highest BCUT2D eigenvalue weighted by molar-refractivity contribution is 6.31. The van der Waals surface area contributed by atoms with Gasteiger partial charge in [-0.3, -0.25) is 0 Å². The van der Waals surface area contributed by atoms with Crippen molar-refractivity contribution in [2.24, 2.45) is 10.7 Å². The summed E-state index contributed by atoms with van der Waals surface area (Å²) in [5, 5.41) is 0.807. The average molecular weight is 239 g/mol. The molecule has 0 aromatic heterocycles. The van der Waals surface area contributed by atoms with E-state index in [2.05, 4.69) is 4.99 Å². The summed E-state index contributed by atoms with van der Waals surface area (Å²) in [6.07, 6.45) is 1.77. The third kappa shape index (κ3) is 2.47. The predicted molar refractivity (Wildman–Crippen MR) is 65.8 cm³/mol. The molecule has 1 aromatic carbocycles. The van der Waals surface area contributed by atoms with E-state index < -0.39 is 0 Å². The van der Waals surface area contributed by atoms with Crippen LogP contribution in [0.25, 0.3) is 0 Å². The molecular formula is C12H15ClN2O. The maximum atomic E-state index is 6.09. The Bertz CT molecular complexity index is 419. The van der Waals surface area contributed by atoms with Gasteiger partial charge in [-0.1, -0.05) is 29.8 Å². The maximum absolute atomic E-state index is 6.09. The smallest absolute Gasteiger partial charge is 0.282 e. The summed E-state index contributed by atoms with van der Waals surface area (Å²) >= 11 is 6.09. The highest BCUT2D eigenvalue weighted by Gasteiger charge is 2.30. The number of amidine groups is 1. The van der Waals surface area contributed by atoms with E-state index in [9.17, 15) is 0 Å². The second-order valence-corrected chi connectivity index (χ2v) is 4.73. The van der Waals surface area contributed by atoms with Gasteiger partial charge in [0.1, 0.15) is 6.61 Å². The normalized spacial score (nSPS) is 24.0. The number of hydrogen-bond acceptors (Lipinski definition) is 3. The molecule has 1 aliphatic heterocycles. The highest BCUT2D eigenvalue weighted by Crippen LogP contribution is 2.25. The van der Waals surface area contributed by atoms with Gasteiger partial charge in [0.2, 0.25) is 0 Å². The summed E-state index contributed by atoms with van der Waals surface area (Å²) in [5.74, 6) is 0. The van der Waals surface area contributed by atoms with E-state index in [0.717, 1.165) is 23.4 Å². The lowest BCUT2D eigenvalue weighted by atomic mass is 9.95. The van der Waals surface area contributed by atoms with E-state index >= 15 is 0 Å². The molecule has 0 aliphatic carbocycles. The van der Waals surface area contributed by atoms with Crippen LogP contribution in [0.15, 0.2) is 29.3 Å². The second kappa shape index (κ2) is 4.34.